The second-order valence-corrected chi connectivity index (χ2v) is 6.24. The Morgan fingerprint density at radius 2 is 1.89 bits per heavy atom. The van der Waals surface area contributed by atoms with E-state index in [9.17, 15) is 0 Å². The van der Waals surface area contributed by atoms with Crippen molar-refractivity contribution in [3.05, 3.63) is 58.9 Å². The third-order valence-electron chi connectivity index (χ3n) is 2.46. The van der Waals surface area contributed by atoms with Crippen molar-refractivity contribution in [2.75, 3.05) is 5.32 Å². The van der Waals surface area contributed by atoms with E-state index >= 15 is 0 Å². The van der Waals surface area contributed by atoms with Crippen LogP contribution in [0.1, 0.15) is 0 Å². The van der Waals surface area contributed by atoms with E-state index in [0.29, 0.717) is 0 Å². The van der Waals surface area contributed by atoms with Gasteiger partial charge >= 0.3 is 0 Å². The molecule has 18 heavy (non-hydrogen) atoms. The molecule has 0 amide bonds. The van der Waals surface area contributed by atoms with Gasteiger partial charge in [0.05, 0.1) is 5.00 Å². The van der Waals surface area contributed by atoms with E-state index in [0.717, 1.165) is 15.7 Å². The van der Waals surface area contributed by atoms with Crippen LogP contribution in [0.15, 0.2) is 53.9 Å². The average Bonchev–Trinajstić information content (AvgIpc) is 2.98. The Morgan fingerprint density at radius 3 is 2.67 bits per heavy atom. The molecule has 3 rings (SSSR count). The van der Waals surface area contributed by atoms with Crippen molar-refractivity contribution in [1.29, 1.82) is 0 Å². The summed E-state index contributed by atoms with van der Waals surface area (Å²) < 4.78 is 0. The predicted octanol–water partition coefficient (Wildman–Crippen LogP) is 5.87. The van der Waals surface area contributed by atoms with E-state index in [4.69, 9.17) is 11.6 Å². The van der Waals surface area contributed by atoms with Gasteiger partial charge in [-0.25, -0.2) is 0 Å². The highest BCUT2D eigenvalue weighted by Crippen LogP contribution is 2.35. The van der Waals surface area contributed by atoms with Gasteiger partial charge in [-0.2, -0.15) is 0 Å². The fourth-order valence-electron chi connectivity index (χ4n) is 1.66. The maximum Gasteiger partial charge on any atom is 0.0933 e. The van der Waals surface area contributed by atoms with E-state index in [1.54, 1.807) is 22.7 Å². The Hall–Kier alpha value is -1.29. The number of nitrogens with one attached hydrogen (secondary N) is 1. The van der Waals surface area contributed by atoms with Gasteiger partial charge in [0.2, 0.25) is 0 Å². The summed E-state index contributed by atoms with van der Waals surface area (Å²) in [6, 6.07) is 16.2. The zero-order chi connectivity index (χ0) is 12.4. The summed E-state index contributed by atoms with van der Waals surface area (Å²) in [6.07, 6.45) is 0. The number of anilines is 2. The molecule has 3 aromatic rings. The molecule has 0 unspecified atom stereocenters. The summed E-state index contributed by atoms with van der Waals surface area (Å²) in [5.41, 5.74) is 1.02. The van der Waals surface area contributed by atoms with Gasteiger partial charge in [0.1, 0.15) is 0 Å². The van der Waals surface area contributed by atoms with Gasteiger partial charge < -0.3 is 5.32 Å². The standard InChI is InChI=1S/C14H10ClNS2/c15-10-3-1-4-11(9-10)16-14-7-6-13(18-14)12-5-2-8-17-12/h1-9,16H. The van der Waals surface area contributed by atoms with Gasteiger partial charge in [-0.3, -0.25) is 0 Å². The Bertz CT molecular complexity index is 643. The minimum Gasteiger partial charge on any atom is -0.347 e. The molecule has 0 atom stereocenters. The average molecular weight is 292 g/mol. The van der Waals surface area contributed by atoms with Crippen molar-refractivity contribution in [3.63, 3.8) is 0 Å². The molecule has 90 valence electrons. The van der Waals surface area contributed by atoms with E-state index in [-0.39, 0.29) is 0 Å². The molecule has 0 bridgehead atoms. The fourth-order valence-corrected chi connectivity index (χ4v) is 3.62. The normalized spacial score (nSPS) is 10.5. The molecule has 0 aliphatic heterocycles. The Kier molecular flexibility index (Phi) is 3.37. The maximum atomic E-state index is 5.96. The first-order valence-electron chi connectivity index (χ1n) is 5.47. The Morgan fingerprint density at radius 1 is 0.944 bits per heavy atom. The third kappa shape index (κ3) is 2.58. The zero-order valence-electron chi connectivity index (χ0n) is 9.39. The van der Waals surface area contributed by atoms with Gasteiger partial charge in [-0.15, -0.1) is 22.7 Å². The number of hydrogen-bond acceptors (Lipinski definition) is 3. The summed E-state index contributed by atoms with van der Waals surface area (Å²) in [5.74, 6) is 0. The Labute approximate surface area is 119 Å². The minimum atomic E-state index is 0.745. The van der Waals surface area contributed by atoms with Gasteiger partial charge in [-0.05, 0) is 41.8 Å². The Balaban J connectivity index is 1.82. The molecule has 4 heteroatoms. The highest BCUT2D eigenvalue weighted by atomic mass is 35.5. The summed E-state index contributed by atoms with van der Waals surface area (Å²) in [6.45, 7) is 0. The number of halogens is 1. The summed E-state index contributed by atoms with van der Waals surface area (Å²) in [7, 11) is 0. The quantitative estimate of drug-likeness (QED) is 0.636. The largest absolute Gasteiger partial charge is 0.347 e. The molecule has 0 saturated heterocycles. The molecule has 2 aromatic heterocycles. The van der Waals surface area contributed by atoms with Crippen molar-refractivity contribution < 1.29 is 0 Å². The van der Waals surface area contributed by atoms with Crippen LogP contribution in [0.25, 0.3) is 9.75 Å². The van der Waals surface area contributed by atoms with E-state index in [1.807, 2.05) is 24.3 Å². The van der Waals surface area contributed by atoms with Crippen molar-refractivity contribution in [2.24, 2.45) is 0 Å². The molecule has 1 aromatic carbocycles. The second-order valence-electron chi connectivity index (χ2n) is 3.78. The first kappa shape index (κ1) is 11.8. The summed E-state index contributed by atoms with van der Waals surface area (Å²) in [5, 5.41) is 7.33. The molecule has 0 fully saturated rings. The molecule has 0 saturated carbocycles. The topological polar surface area (TPSA) is 12.0 Å². The lowest BCUT2D eigenvalue weighted by Gasteiger charge is -2.03. The molecule has 0 aliphatic carbocycles. The molecule has 0 aliphatic rings. The van der Waals surface area contributed by atoms with Crippen LogP contribution in [0.3, 0.4) is 0 Å². The van der Waals surface area contributed by atoms with Crippen LogP contribution in [0.4, 0.5) is 10.7 Å². The van der Waals surface area contributed by atoms with Crippen molar-refractivity contribution in [1.82, 2.24) is 0 Å². The highest BCUT2D eigenvalue weighted by molar-refractivity contribution is 7.23. The van der Waals surface area contributed by atoms with Crippen LogP contribution in [0.5, 0.6) is 0 Å². The summed E-state index contributed by atoms with van der Waals surface area (Å²) >= 11 is 9.47. The SMILES string of the molecule is Clc1cccc(Nc2ccc(-c3cccs3)s2)c1. The molecule has 0 spiro atoms. The van der Waals surface area contributed by atoms with Gasteiger partial charge in [0.25, 0.3) is 0 Å². The van der Waals surface area contributed by atoms with Gasteiger partial charge in [0, 0.05) is 20.5 Å². The number of hydrogen-bond donors (Lipinski definition) is 1. The second kappa shape index (κ2) is 5.14. The molecule has 0 radical (unpaired) electrons. The lowest BCUT2D eigenvalue weighted by atomic mass is 10.3. The van der Waals surface area contributed by atoms with Crippen molar-refractivity contribution >= 4 is 45.0 Å². The minimum absolute atomic E-state index is 0.745. The van der Waals surface area contributed by atoms with Crippen LogP contribution < -0.4 is 5.32 Å². The third-order valence-corrected chi connectivity index (χ3v) is 4.76. The smallest absolute Gasteiger partial charge is 0.0933 e. The molecular formula is C14H10ClNS2. The first-order chi connectivity index (χ1) is 8.81. The van der Waals surface area contributed by atoms with Crippen LogP contribution in [-0.2, 0) is 0 Å². The molecule has 2 heterocycles. The monoisotopic (exact) mass is 291 g/mol. The van der Waals surface area contributed by atoms with Crippen molar-refractivity contribution in [2.45, 2.75) is 0 Å². The van der Waals surface area contributed by atoms with E-state index in [1.165, 1.54) is 9.75 Å². The maximum absolute atomic E-state index is 5.96. The fraction of sp³-hybridized carbons (Fsp3) is 0. The number of thiophene rings is 2. The number of rotatable bonds is 3. The van der Waals surface area contributed by atoms with Gasteiger partial charge in [0.15, 0.2) is 0 Å². The van der Waals surface area contributed by atoms with Crippen LogP contribution in [0, 0.1) is 0 Å². The highest BCUT2D eigenvalue weighted by Gasteiger charge is 2.04. The van der Waals surface area contributed by atoms with Crippen LogP contribution in [0.2, 0.25) is 5.02 Å². The first-order valence-corrected chi connectivity index (χ1v) is 7.55. The molecular weight excluding hydrogens is 282 g/mol. The lowest BCUT2D eigenvalue weighted by Crippen LogP contribution is -1.85. The number of benzene rings is 1. The van der Waals surface area contributed by atoms with E-state index in [2.05, 4.69) is 35.0 Å². The molecule has 1 N–H and O–H groups in total. The van der Waals surface area contributed by atoms with Crippen LogP contribution >= 0.6 is 34.3 Å². The van der Waals surface area contributed by atoms with Gasteiger partial charge in [-0.1, -0.05) is 23.7 Å². The predicted molar refractivity (Wildman–Crippen MR) is 82.4 cm³/mol. The summed E-state index contributed by atoms with van der Waals surface area (Å²) in [4.78, 5) is 2.59. The van der Waals surface area contributed by atoms with E-state index < -0.39 is 0 Å². The zero-order valence-corrected chi connectivity index (χ0v) is 11.8. The lowest BCUT2D eigenvalue weighted by molar-refractivity contribution is 1.61. The molecule has 1 nitrogen and oxygen atoms in total. The van der Waals surface area contributed by atoms with Crippen molar-refractivity contribution in [3.8, 4) is 9.75 Å². The van der Waals surface area contributed by atoms with Crippen LogP contribution in [-0.4, -0.2) is 0 Å².